The van der Waals surface area contributed by atoms with E-state index in [0.29, 0.717) is 21.5 Å². The van der Waals surface area contributed by atoms with E-state index in [0.717, 1.165) is 23.8 Å². The van der Waals surface area contributed by atoms with Gasteiger partial charge in [-0.1, -0.05) is 0 Å². The Hall–Kier alpha value is -2.35. The van der Waals surface area contributed by atoms with Crippen molar-refractivity contribution in [3.63, 3.8) is 0 Å². The molecule has 1 fully saturated rings. The minimum atomic E-state index is -2.73. The number of benzene rings is 1. The van der Waals surface area contributed by atoms with E-state index in [1.807, 2.05) is 0 Å². The van der Waals surface area contributed by atoms with Gasteiger partial charge in [0.1, 0.15) is 5.82 Å². The summed E-state index contributed by atoms with van der Waals surface area (Å²) in [7, 11) is 0. The minimum absolute atomic E-state index is 0.000839. The van der Waals surface area contributed by atoms with Crippen LogP contribution in [0.25, 0.3) is 21.3 Å². The third-order valence-corrected chi connectivity index (χ3v) is 6.90. The first kappa shape index (κ1) is 17.7. The molecule has 0 radical (unpaired) electrons. The van der Waals surface area contributed by atoms with Crippen LogP contribution in [0.2, 0.25) is 0 Å². The molecule has 0 amide bonds. The van der Waals surface area contributed by atoms with E-state index in [2.05, 4.69) is 4.98 Å². The third-order valence-electron chi connectivity index (χ3n) is 5.64. The van der Waals surface area contributed by atoms with E-state index in [4.69, 9.17) is 0 Å². The maximum Gasteiger partial charge on any atom is 0.329 e. The van der Waals surface area contributed by atoms with E-state index >= 15 is 4.39 Å². The number of nitrogens with one attached hydrogen (secondary N) is 1. The molecule has 0 spiro atoms. The molecule has 146 valence electrons. The second-order valence-electron chi connectivity index (χ2n) is 7.71. The quantitative estimate of drug-likeness (QED) is 0.689. The van der Waals surface area contributed by atoms with E-state index in [1.165, 1.54) is 15.9 Å². The second-order valence-corrected chi connectivity index (χ2v) is 8.84. The monoisotopic (exact) mass is 406 g/mol. The number of rotatable bonds is 2. The summed E-state index contributed by atoms with van der Waals surface area (Å²) in [6.07, 6.45) is 1.40. The van der Waals surface area contributed by atoms with Crippen molar-refractivity contribution >= 4 is 22.2 Å². The summed E-state index contributed by atoms with van der Waals surface area (Å²) >= 11 is 1.32. The number of thiophene rings is 1. The second kappa shape index (κ2) is 5.83. The lowest BCUT2D eigenvalue weighted by Crippen LogP contribution is -2.30. The Morgan fingerprint density at radius 3 is 2.71 bits per heavy atom. The summed E-state index contributed by atoms with van der Waals surface area (Å²) in [5.74, 6) is -3.32. The lowest BCUT2D eigenvalue weighted by molar-refractivity contribution is -0.0116. The molecule has 4 nitrogen and oxygen atoms in total. The summed E-state index contributed by atoms with van der Waals surface area (Å²) in [5, 5.41) is 0.137. The van der Waals surface area contributed by atoms with Crippen molar-refractivity contribution < 1.29 is 13.2 Å². The zero-order valence-electron chi connectivity index (χ0n) is 15.1. The molecule has 3 aromatic rings. The van der Waals surface area contributed by atoms with E-state index in [-0.39, 0.29) is 36.3 Å². The Bertz CT molecular complexity index is 1250. The lowest BCUT2D eigenvalue weighted by atomic mass is 9.94. The zero-order valence-corrected chi connectivity index (χ0v) is 15.9. The molecule has 1 N–H and O–H groups in total. The molecule has 1 saturated carbocycles. The Balaban J connectivity index is 1.78. The standard InChI is InChI=1S/C20H17F3N2O2S/c1-9-16(15-6-10-8-20(22,23)5-4-14(10)28-15)13(21)7-12-17(9)25(11-2-3-11)19(27)24-18(12)26/h6-7,11H,2-5,8H2,1H3,(H,24,26,27). The van der Waals surface area contributed by atoms with Gasteiger partial charge in [-0.3, -0.25) is 14.3 Å². The number of nitrogens with zero attached hydrogens (tertiary/aromatic N) is 1. The van der Waals surface area contributed by atoms with Gasteiger partial charge in [0.25, 0.3) is 11.5 Å². The normalized spacial score (nSPS) is 18.4. The molecule has 8 heteroatoms. The predicted octanol–water partition coefficient (Wildman–Crippen LogP) is 4.32. The fraction of sp³-hybridized carbons (Fsp3) is 0.400. The van der Waals surface area contributed by atoms with Crippen LogP contribution in [0.5, 0.6) is 0 Å². The van der Waals surface area contributed by atoms with Gasteiger partial charge in [0.2, 0.25) is 0 Å². The van der Waals surface area contributed by atoms with Crippen LogP contribution in [-0.2, 0) is 12.8 Å². The van der Waals surface area contributed by atoms with Crippen molar-refractivity contribution in [2.75, 3.05) is 0 Å². The van der Waals surface area contributed by atoms with Gasteiger partial charge in [-0.05, 0) is 49.4 Å². The first-order valence-electron chi connectivity index (χ1n) is 9.22. The van der Waals surface area contributed by atoms with Crippen LogP contribution < -0.4 is 11.2 Å². The van der Waals surface area contributed by atoms with Gasteiger partial charge in [-0.2, -0.15) is 0 Å². The maximum absolute atomic E-state index is 15.0. The molecule has 28 heavy (non-hydrogen) atoms. The molecule has 0 bridgehead atoms. The van der Waals surface area contributed by atoms with Crippen molar-refractivity contribution in [1.82, 2.24) is 9.55 Å². The average Bonchev–Trinajstić information content (AvgIpc) is 3.35. The lowest BCUT2D eigenvalue weighted by Gasteiger charge is -2.21. The Labute approximate surface area is 161 Å². The zero-order chi connectivity index (χ0) is 19.8. The molecular weight excluding hydrogens is 389 g/mol. The molecule has 1 aromatic carbocycles. The van der Waals surface area contributed by atoms with Gasteiger partial charge >= 0.3 is 5.69 Å². The molecule has 5 rings (SSSR count). The summed E-state index contributed by atoms with van der Waals surface area (Å²) in [6.45, 7) is 1.69. The highest BCUT2D eigenvalue weighted by Crippen LogP contribution is 2.44. The molecule has 0 atom stereocenters. The molecule has 0 aliphatic heterocycles. The largest absolute Gasteiger partial charge is 0.329 e. The van der Waals surface area contributed by atoms with Gasteiger partial charge < -0.3 is 0 Å². The van der Waals surface area contributed by atoms with E-state index in [1.54, 1.807) is 13.0 Å². The van der Waals surface area contributed by atoms with Gasteiger partial charge in [-0.15, -0.1) is 11.3 Å². The Kier molecular flexibility index (Phi) is 3.69. The highest BCUT2D eigenvalue weighted by Gasteiger charge is 2.36. The number of fused-ring (bicyclic) bond motifs is 2. The van der Waals surface area contributed by atoms with Crippen molar-refractivity contribution in [1.29, 1.82) is 0 Å². The predicted molar refractivity (Wildman–Crippen MR) is 102 cm³/mol. The third kappa shape index (κ3) is 2.65. The number of alkyl halides is 2. The minimum Gasteiger partial charge on any atom is -0.290 e. The molecule has 2 aliphatic carbocycles. The van der Waals surface area contributed by atoms with E-state index < -0.39 is 23.0 Å². The van der Waals surface area contributed by atoms with Crippen LogP contribution >= 0.6 is 11.3 Å². The fourth-order valence-electron chi connectivity index (χ4n) is 4.17. The number of hydrogen-bond acceptors (Lipinski definition) is 3. The van der Waals surface area contributed by atoms with Crippen LogP contribution in [-0.4, -0.2) is 15.5 Å². The van der Waals surface area contributed by atoms with E-state index in [9.17, 15) is 18.4 Å². The van der Waals surface area contributed by atoms with Crippen molar-refractivity contribution in [3.05, 3.63) is 54.8 Å². The first-order chi connectivity index (χ1) is 13.2. The smallest absolute Gasteiger partial charge is 0.290 e. The highest BCUT2D eigenvalue weighted by molar-refractivity contribution is 7.15. The molecular formula is C20H17F3N2O2S. The summed E-state index contributed by atoms with van der Waals surface area (Å²) < 4.78 is 44.1. The number of aromatic amines is 1. The summed E-state index contributed by atoms with van der Waals surface area (Å²) in [5.41, 5.74) is 0.663. The molecule has 2 aliphatic rings. The number of aryl methyl sites for hydroxylation is 2. The van der Waals surface area contributed by atoms with Crippen LogP contribution in [0.15, 0.2) is 21.7 Å². The molecule has 0 saturated heterocycles. The van der Waals surface area contributed by atoms with Crippen molar-refractivity contribution in [2.45, 2.75) is 51.0 Å². The average molecular weight is 406 g/mol. The van der Waals surface area contributed by atoms with Crippen molar-refractivity contribution in [3.8, 4) is 10.4 Å². The molecule has 0 unspecified atom stereocenters. The van der Waals surface area contributed by atoms with Crippen LogP contribution in [0.1, 0.15) is 41.3 Å². The number of hydrogen-bond donors (Lipinski definition) is 1. The molecule has 2 aromatic heterocycles. The highest BCUT2D eigenvalue weighted by atomic mass is 32.1. The Morgan fingerprint density at radius 1 is 1.25 bits per heavy atom. The van der Waals surface area contributed by atoms with Crippen molar-refractivity contribution in [2.24, 2.45) is 0 Å². The fourth-order valence-corrected chi connectivity index (χ4v) is 5.46. The summed E-state index contributed by atoms with van der Waals surface area (Å²) in [4.78, 5) is 28.3. The van der Waals surface area contributed by atoms with Gasteiger partial charge in [0.15, 0.2) is 0 Å². The SMILES string of the molecule is Cc1c(-c2cc3c(s2)CCC(F)(F)C3)c(F)cc2c(=O)[nH]c(=O)n(C3CC3)c12. The summed E-state index contributed by atoms with van der Waals surface area (Å²) in [6, 6.07) is 2.79. The van der Waals surface area contributed by atoms with Crippen LogP contribution in [0.4, 0.5) is 13.2 Å². The Morgan fingerprint density at radius 2 is 2.00 bits per heavy atom. The maximum atomic E-state index is 15.0. The first-order valence-corrected chi connectivity index (χ1v) is 10.0. The topological polar surface area (TPSA) is 54.9 Å². The van der Waals surface area contributed by atoms with Crippen LogP contribution in [0.3, 0.4) is 0 Å². The van der Waals surface area contributed by atoms with Gasteiger partial charge in [-0.25, -0.2) is 18.0 Å². The number of H-pyrrole nitrogens is 1. The van der Waals surface area contributed by atoms with Gasteiger partial charge in [0.05, 0.1) is 10.9 Å². The number of aromatic nitrogens is 2. The van der Waals surface area contributed by atoms with Gasteiger partial charge in [0, 0.05) is 34.2 Å². The molecule has 2 heterocycles. The number of halogens is 3. The van der Waals surface area contributed by atoms with Crippen LogP contribution in [0, 0.1) is 12.7 Å².